The van der Waals surface area contributed by atoms with Gasteiger partial charge in [0.25, 0.3) is 5.91 Å². The number of benzene rings is 2. The highest BCUT2D eigenvalue weighted by molar-refractivity contribution is 6.32. The second-order valence-corrected chi connectivity index (χ2v) is 5.71. The van der Waals surface area contributed by atoms with Crippen molar-refractivity contribution < 1.29 is 13.9 Å². The summed E-state index contributed by atoms with van der Waals surface area (Å²) >= 11 is 5.86. The molecule has 0 aliphatic carbocycles. The summed E-state index contributed by atoms with van der Waals surface area (Å²) in [6.45, 7) is 3.85. The van der Waals surface area contributed by atoms with Gasteiger partial charge in [-0.1, -0.05) is 48.4 Å². The van der Waals surface area contributed by atoms with Gasteiger partial charge >= 0.3 is 0 Å². The van der Waals surface area contributed by atoms with E-state index in [1.807, 2.05) is 38.1 Å². The number of hydrogen-bond donors (Lipinski definition) is 1. The molecule has 0 aliphatic heterocycles. The Morgan fingerprint density at radius 3 is 2.57 bits per heavy atom. The summed E-state index contributed by atoms with van der Waals surface area (Å²) in [6, 6.07) is 11.7. The molecule has 1 amide bonds. The lowest BCUT2D eigenvalue weighted by molar-refractivity contribution is -0.123. The number of ether oxygens (including phenoxy) is 1. The van der Waals surface area contributed by atoms with Crippen LogP contribution in [0.4, 0.5) is 4.39 Å². The van der Waals surface area contributed by atoms with E-state index < -0.39 is 5.82 Å². The second-order valence-electron chi connectivity index (χ2n) is 5.30. The summed E-state index contributed by atoms with van der Waals surface area (Å²) in [5.41, 5.74) is 2.22. The van der Waals surface area contributed by atoms with E-state index in [1.165, 1.54) is 17.7 Å². The van der Waals surface area contributed by atoms with Crippen molar-refractivity contribution in [2.45, 2.75) is 26.3 Å². The Kier molecular flexibility index (Phi) is 5.99. The maximum absolute atomic E-state index is 13.0. The van der Waals surface area contributed by atoms with E-state index in [1.54, 1.807) is 0 Å². The molecule has 2 aromatic rings. The smallest absolute Gasteiger partial charge is 0.258 e. The van der Waals surface area contributed by atoms with Crippen LogP contribution in [0.5, 0.6) is 5.75 Å². The molecule has 23 heavy (non-hydrogen) atoms. The van der Waals surface area contributed by atoms with Crippen LogP contribution in [0.15, 0.2) is 42.5 Å². The van der Waals surface area contributed by atoms with E-state index >= 15 is 0 Å². The summed E-state index contributed by atoms with van der Waals surface area (Å²) in [5, 5.41) is 3.06. The van der Waals surface area contributed by atoms with Crippen LogP contribution in [0.2, 0.25) is 5.02 Å². The first-order chi connectivity index (χ1) is 11.0. The number of hydrogen-bond acceptors (Lipinski definition) is 2. The maximum atomic E-state index is 13.0. The van der Waals surface area contributed by atoms with Gasteiger partial charge in [-0.2, -0.15) is 0 Å². The number of carbonyl (C=O) groups excluding carboxylic acids is 1. The van der Waals surface area contributed by atoms with Crippen molar-refractivity contribution in [3.05, 3.63) is 64.4 Å². The van der Waals surface area contributed by atoms with Crippen LogP contribution >= 0.6 is 11.6 Å². The van der Waals surface area contributed by atoms with Crippen molar-refractivity contribution in [3.8, 4) is 5.75 Å². The molecule has 1 atom stereocenters. The van der Waals surface area contributed by atoms with E-state index in [0.717, 1.165) is 18.1 Å². The Morgan fingerprint density at radius 1 is 1.26 bits per heavy atom. The van der Waals surface area contributed by atoms with E-state index in [4.69, 9.17) is 16.3 Å². The molecule has 0 radical (unpaired) electrons. The van der Waals surface area contributed by atoms with Gasteiger partial charge in [0.15, 0.2) is 6.61 Å². The normalized spacial score (nSPS) is 11.8. The summed E-state index contributed by atoms with van der Waals surface area (Å²) in [4.78, 5) is 12.1. The number of aryl methyl sites for hydroxylation is 1. The van der Waals surface area contributed by atoms with Gasteiger partial charge in [-0.05, 0) is 37.1 Å². The largest absolute Gasteiger partial charge is 0.482 e. The first-order valence-electron chi connectivity index (χ1n) is 7.43. The van der Waals surface area contributed by atoms with Crippen molar-refractivity contribution in [1.82, 2.24) is 5.32 Å². The Morgan fingerprint density at radius 2 is 1.96 bits per heavy atom. The maximum Gasteiger partial charge on any atom is 0.258 e. The third-order valence-corrected chi connectivity index (χ3v) is 3.77. The molecule has 3 nitrogen and oxygen atoms in total. The molecule has 122 valence electrons. The first-order valence-corrected chi connectivity index (χ1v) is 7.81. The molecule has 0 bridgehead atoms. The van der Waals surface area contributed by atoms with Crippen LogP contribution < -0.4 is 10.1 Å². The molecule has 0 fully saturated rings. The fourth-order valence-corrected chi connectivity index (χ4v) is 2.41. The molecule has 0 aliphatic rings. The summed E-state index contributed by atoms with van der Waals surface area (Å²) in [6.07, 6.45) is 0.770. The van der Waals surface area contributed by atoms with Crippen molar-refractivity contribution in [3.63, 3.8) is 0 Å². The van der Waals surface area contributed by atoms with Crippen molar-refractivity contribution in [2.24, 2.45) is 0 Å². The van der Waals surface area contributed by atoms with E-state index in [2.05, 4.69) is 5.32 Å². The fraction of sp³-hybridized carbons (Fsp3) is 0.278. The predicted octanol–water partition coefficient (Wildman–Crippen LogP) is 4.43. The first kappa shape index (κ1) is 17.3. The Hall–Kier alpha value is -2.07. The molecule has 2 aromatic carbocycles. The van der Waals surface area contributed by atoms with Gasteiger partial charge in [0.1, 0.15) is 11.6 Å². The zero-order chi connectivity index (χ0) is 16.8. The lowest BCUT2D eigenvalue weighted by Crippen LogP contribution is -2.32. The van der Waals surface area contributed by atoms with Crippen molar-refractivity contribution in [1.29, 1.82) is 0 Å². The van der Waals surface area contributed by atoms with Gasteiger partial charge in [0.05, 0.1) is 11.1 Å². The molecule has 1 unspecified atom stereocenters. The molecular formula is C18H19ClFNO2. The number of nitrogens with one attached hydrogen (secondary N) is 1. The minimum atomic E-state index is -0.447. The van der Waals surface area contributed by atoms with Crippen molar-refractivity contribution in [2.75, 3.05) is 6.61 Å². The zero-order valence-electron chi connectivity index (χ0n) is 13.1. The standard InChI is InChI=1S/C18H19ClFNO2/c1-3-16(13-6-4-12(2)5-7-13)21-18(22)11-23-17-9-8-14(20)10-15(17)19/h4-10,16H,3,11H2,1-2H3,(H,21,22). The van der Waals surface area contributed by atoms with Gasteiger partial charge < -0.3 is 10.1 Å². The van der Waals surface area contributed by atoms with Crippen LogP contribution in [0.1, 0.15) is 30.5 Å². The van der Waals surface area contributed by atoms with Crippen LogP contribution in [0, 0.1) is 12.7 Å². The SMILES string of the molecule is CCC(NC(=O)COc1ccc(F)cc1Cl)c1ccc(C)cc1. The highest BCUT2D eigenvalue weighted by Crippen LogP contribution is 2.24. The number of amides is 1. The van der Waals surface area contributed by atoms with E-state index in [9.17, 15) is 9.18 Å². The highest BCUT2D eigenvalue weighted by atomic mass is 35.5. The third-order valence-electron chi connectivity index (χ3n) is 3.48. The van der Waals surface area contributed by atoms with Gasteiger partial charge in [0.2, 0.25) is 0 Å². The summed E-state index contributed by atoms with van der Waals surface area (Å²) in [7, 11) is 0. The number of halogens is 2. The average molecular weight is 336 g/mol. The van der Waals surface area contributed by atoms with Crippen LogP contribution in [0.3, 0.4) is 0 Å². The molecule has 0 heterocycles. The molecule has 5 heteroatoms. The molecule has 0 aromatic heterocycles. The van der Waals surface area contributed by atoms with Crippen LogP contribution in [-0.4, -0.2) is 12.5 Å². The summed E-state index contributed by atoms with van der Waals surface area (Å²) in [5.74, 6) is -0.415. The molecular weight excluding hydrogens is 317 g/mol. The van der Waals surface area contributed by atoms with E-state index in [0.29, 0.717) is 0 Å². The average Bonchev–Trinajstić information content (AvgIpc) is 2.52. The number of carbonyl (C=O) groups is 1. The van der Waals surface area contributed by atoms with Crippen LogP contribution in [-0.2, 0) is 4.79 Å². The molecule has 0 saturated carbocycles. The lowest BCUT2D eigenvalue weighted by Gasteiger charge is -2.18. The quantitative estimate of drug-likeness (QED) is 0.847. The minimum Gasteiger partial charge on any atom is -0.482 e. The molecule has 0 spiro atoms. The van der Waals surface area contributed by atoms with Crippen molar-refractivity contribution >= 4 is 17.5 Å². The fourth-order valence-electron chi connectivity index (χ4n) is 2.19. The highest BCUT2D eigenvalue weighted by Gasteiger charge is 2.13. The van der Waals surface area contributed by atoms with Gasteiger partial charge in [-0.25, -0.2) is 4.39 Å². The molecule has 0 saturated heterocycles. The number of rotatable bonds is 6. The Labute approximate surface area is 140 Å². The topological polar surface area (TPSA) is 38.3 Å². The zero-order valence-corrected chi connectivity index (χ0v) is 13.9. The lowest BCUT2D eigenvalue weighted by atomic mass is 10.0. The molecule has 1 N–H and O–H groups in total. The van der Waals surface area contributed by atoms with Gasteiger partial charge in [-0.15, -0.1) is 0 Å². The van der Waals surface area contributed by atoms with Crippen LogP contribution in [0.25, 0.3) is 0 Å². The second kappa shape index (κ2) is 7.97. The minimum absolute atomic E-state index is 0.0737. The Balaban J connectivity index is 1.93. The van der Waals surface area contributed by atoms with E-state index in [-0.39, 0.29) is 29.3 Å². The monoisotopic (exact) mass is 335 g/mol. The van der Waals surface area contributed by atoms with Gasteiger partial charge in [-0.3, -0.25) is 4.79 Å². The molecule has 2 rings (SSSR count). The third kappa shape index (κ3) is 4.96. The van der Waals surface area contributed by atoms with Gasteiger partial charge in [0, 0.05) is 0 Å². The predicted molar refractivity (Wildman–Crippen MR) is 89.3 cm³/mol. The Bertz CT molecular complexity index is 673. The summed E-state index contributed by atoms with van der Waals surface area (Å²) < 4.78 is 18.3.